The summed E-state index contributed by atoms with van der Waals surface area (Å²) in [5.74, 6) is -0.160. The van der Waals surface area contributed by atoms with Crippen LogP contribution in [0.4, 0.5) is 5.69 Å². The van der Waals surface area contributed by atoms with Crippen molar-refractivity contribution in [1.29, 1.82) is 0 Å². The van der Waals surface area contributed by atoms with Gasteiger partial charge in [0, 0.05) is 5.69 Å². The van der Waals surface area contributed by atoms with Crippen LogP contribution >= 0.6 is 0 Å². The van der Waals surface area contributed by atoms with E-state index in [1.807, 2.05) is 33.8 Å². The Kier molecular flexibility index (Phi) is 3.14. The maximum Gasteiger partial charge on any atom is 0.257 e. The van der Waals surface area contributed by atoms with E-state index < -0.39 is 0 Å². The van der Waals surface area contributed by atoms with E-state index in [2.05, 4.69) is 20.5 Å². The number of carbonyl (C=O) groups is 1. The number of anilines is 1. The second kappa shape index (κ2) is 4.60. The Morgan fingerprint density at radius 1 is 1.17 bits per heavy atom. The number of hydrogen-bond acceptors (Lipinski definition) is 3. The minimum atomic E-state index is -0.160. The van der Waals surface area contributed by atoms with Crippen LogP contribution in [0, 0.1) is 27.7 Å². The molecular formula is C13H16N4O. The molecule has 5 nitrogen and oxygen atoms in total. The van der Waals surface area contributed by atoms with E-state index in [9.17, 15) is 4.79 Å². The van der Waals surface area contributed by atoms with Crippen LogP contribution in [0.15, 0.2) is 12.1 Å². The molecule has 0 spiro atoms. The second-order valence-corrected chi connectivity index (χ2v) is 4.35. The molecule has 0 radical (unpaired) electrons. The molecule has 0 unspecified atom stereocenters. The smallest absolute Gasteiger partial charge is 0.257 e. The zero-order chi connectivity index (χ0) is 13.3. The van der Waals surface area contributed by atoms with Gasteiger partial charge in [-0.1, -0.05) is 0 Å². The first-order chi connectivity index (χ1) is 8.49. The van der Waals surface area contributed by atoms with Crippen molar-refractivity contribution in [2.75, 3.05) is 5.32 Å². The third-order valence-corrected chi connectivity index (χ3v) is 2.84. The van der Waals surface area contributed by atoms with Gasteiger partial charge in [-0.3, -0.25) is 14.9 Å². The van der Waals surface area contributed by atoms with E-state index in [-0.39, 0.29) is 5.91 Å². The first kappa shape index (κ1) is 12.3. The molecule has 0 aromatic carbocycles. The summed E-state index contributed by atoms with van der Waals surface area (Å²) in [7, 11) is 0. The summed E-state index contributed by atoms with van der Waals surface area (Å²) >= 11 is 0. The van der Waals surface area contributed by atoms with Gasteiger partial charge in [0.05, 0.1) is 28.3 Å². The molecule has 2 heterocycles. The van der Waals surface area contributed by atoms with Gasteiger partial charge in [-0.2, -0.15) is 5.10 Å². The normalized spacial score (nSPS) is 10.4. The second-order valence-electron chi connectivity index (χ2n) is 4.35. The minimum absolute atomic E-state index is 0.160. The van der Waals surface area contributed by atoms with Gasteiger partial charge in [-0.25, -0.2) is 0 Å². The summed E-state index contributed by atoms with van der Waals surface area (Å²) in [5, 5.41) is 9.74. The number of aromatic nitrogens is 3. The van der Waals surface area contributed by atoms with Crippen LogP contribution in [0.3, 0.4) is 0 Å². The third kappa shape index (κ3) is 2.25. The number of amides is 1. The summed E-state index contributed by atoms with van der Waals surface area (Å²) in [6, 6.07) is 3.62. The highest BCUT2D eigenvalue weighted by Gasteiger charge is 2.14. The maximum atomic E-state index is 12.2. The lowest BCUT2D eigenvalue weighted by Crippen LogP contribution is -2.15. The quantitative estimate of drug-likeness (QED) is 0.851. The number of carbonyl (C=O) groups excluding carboxylic acids is 1. The number of rotatable bonds is 2. The van der Waals surface area contributed by atoms with Gasteiger partial charge < -0.3 is 5.32 Å². The van der Waals surface area contributed by atoms with Crippen molar-refractivity contribution in [3.8, 4) is 0 Å². The average molecular weight is 244 g/mol. The Morgan fingerprint density at radius 2 is 1.89 bits per heavy atom. The number of nitrogens with zero attached hydrogens (tertiary/aromatic N) is 2. The molecule has 0 saturated heterocycles. The van der Waals surface area contributed by atoms with Crippen molar-refractivity contribution in [3.05, 3.63) is 40.5 Å². The molecule has 0 aliphatic carbocycles. The molecule has 2 aromatic heterocycles. The molecule has 0 aliphatic rings. The number of aryl methyl sites for hydroxylation is 4. The molecule has 5 heteroatoms. The van der Waals surface area contributed by atoms with E-state index in [4.69, 9.17) is 0 Å². The van der Waals surface area contributed by atoms with E-state index in [1.54, 1.807) is 6.07 Å². The third-order valence-electron chi connectivity index (χ3n) is 2.84. The molecule has 1 amide bonds. The minimum Gasteiger partial charge on any atom is -0.319 e. The highest BCUT2D eigenvalue weighted by molar-refractivity contribution is 6.05. The zero-order valence-corrected chi connectivity index (χ0v) is 11.0. The summed E-state index contributed by atoms with van der Waals surface area (Å²) < 4.78 is 0. The van der Waals surface area contributed by atoms with Gasteiger partial charge in [-0.15, -0.1) is 0 Å². The SMILES string of the molecule is Cc1ccc(C(=O)Nc2c(C)n[nH]c2C)c(C)n1. The first-order valence-electron chi connectivity index (χ1n) is 5.76. The molecular weight excluding hydrogens is 228 g/mol. The van der Waals surface area contributed by atoms with Gasteiger partial charge in [0.15, 0.2) is 0 Å². The molecule has 0 fully saturated rings. The van der Waals surface area contributed by atoms with E-state index in [0.717, 1.165) is 28.5 Å². The number of hydrogen-bond donors (Lipinski definition) is 2. The summed E-state index contributed by atoms with van der Waals surface area (Å²) in [6.07, 6.45) is 0. The first-order valence-corrected chi connectivity index (χ1v) is 5.76. The van der Waals surface area contributed by atoms with Crippen LogP contribution in [0.2, 0.25) is 0 Å². The van der Waals surface area contributed by atoms with Crippen molar-refractivity contribution in [2.24, 2.45) is 0 Å². The summed E-state index contributed by atoms with van der Waals surface area (Å²) in [5.41, 5.74) is 4.57. The number of nitrogens with one attached hydrogen (secondary N) is 2. The van der Waals surface area contributed by atoms with Gasteiger partial charge in [0.2, 0.25) is 0 Å². The van der Waals surface area contributed by atoms with Crippen molar-refractivity contribution < 1.29 is 4.79 Å². The fraction of sp³-hybridized carbons (Fsp3) is 0.308. The van der Waals surface area contributed by atoms with Crippen LogP contribution in [0.25, 0.3) is 0 Å². The summed E-state index contributed by atoms with van der Waals surface area (Å²) in [6.45, 7) is 7.45. The van der Waals surface area contributed by atoms with Gasteiger partial charge in [-0.05, 0) is 39.8 Å². The maximum absolute atomic E-state index is 12.2. The van der Waals surface area contributed by atoms with E-state index in [0.29, 0.717) is 5.56 Å². The molecule has 2 rings (SSSR count). The van der Waals surface area contributed by atoms with Crippen molar-refractivity contribution in [2.45, 2.75) is 27.7 Å². The fourth-order valence-corrected chi connectivity index (χ4v) is 1.84. The monoisotopic (exact) mass is 244 g/mol. The fourth-order valence-electron chi connectivity index (χ4n) is 1.84. The van der Waals surface area contributed by atoms with Crippen LogP contribution in [-0.4, -0.2) is 21.1 Å². The van der Waals surface area contributed by atoms with Gasteiger partial charge >= 0.3 is 0 Å². The van der Waals surface area contributed by atoms with Crippen LogP contribution in [0.5, 0.6) is 0 Å². The van der Waals surface area contributed by atoms with E-state index in [1.165, 1.54) is 0 Å². The summed E-state index contributed by atoms with van der Waals surface area (Å²) in [4.78, 5) is 16.4. The lowest BCUT2D eigenvalue weighted by molar-refractivity contribution is 0.102. The molecule has 94 valence electrons. The molecule has 2 N–H and O–H groups in total. The predicted molar refractivity (Wildman–Crippen MR) is 69.7 cm³/mol. The number of pyridine rings is 1. The highest BCUT2D eigenvalue weighted by atomic mass is 16.1. The Morgan fingerprint density at radius 3 is 2.44 bits per heavy atom. The van der Waals surface area contributed by atoms with Crippen molar-refractivity contribution >= 4 is 11.6 Å². The molecule has 0 bridgehead atoms. The molecule has 0 aliphatic heterocycles. The molecule has 18 heavy (non-hydrogen) atoms. The Balaban J connectivity index is 2.28. The standard InChI is InChI=1S/C13H16N4O/c1-7-5-6-11(8(2)14-7)13(18)15-12-9(3)16-17-10(12)4/h5-6H,1-4H3,(H,15,18)(H,16,17). The molecule has 0 atom stereocenters. The Bertz CT molecular complexity index is 582. The lowest BCUT2D eigenvalue weighted by Gasteiger charge is -2.07. The number of aromatic amines is 1. The largest absolute Gasteiger partial charge is 0.319 e. The zero-order valence-electron chi connectivity index (χ0n) is 11.0. The van der Waals surface area contributed by atoms with Crippen LogP contribution < -0.4 is 5.32 Å². The highest BCUT2D eigenvalue weighted by Crippen LogP contribution is 2.18. The molecule has 0 saturated carbocycles. The van der Waals surface area contributed by atoms with Crippen LogP contribution in [0.1, 0.15) is 33.1 Å². The van der Waals surface area contributed by atoms with Crippen molar-refractivity contribution in [3.63, 3.8) is 0 Å². The predicted octanol–water partition coefficient (Wildman–Crippen LogP) is 2.29. The van der Waals surface area contributed by atoms with E-state index >= 15 is 0 Å². The van der Waals surface area contributed by atoms with Gasteiger partial charge in [0.25, 0.3) is 5.91 Å². The van der Waals surface area contributed by atoms with Crippen molar-refractivity contribution in [1.82, 2.24) is 15.2 Å². The Labute approximate surface area is 106 Å². The number of H-pyrrole nitrogens is 1. The van der Waals surface area contributed by atoms with Gasteiger partial charge in [0.1, 0.15) is 0 Å². The van der Waals surface area contributed by atoms with Crippen LogP contribution in [-0.2, 0) is 0 Å². The molecule has 2 aromatic rings. The lowest BCUT2D eigenvalue weighted by atomic mass is 10.1. The average Bonchev–Trinajstić information content (AvgIpc) is 2.60. The Hall–Kier alpha value is -2.17. The topological polar surface area (TPSA) is 70.7 Å².